The van der Waals surface area contributed by atoms with Gasteiger partial charge in [-0.3, -0.25) is 0 Å². The van der Waals surface area contributed by atoms with Crippen LogP contribution in [0.2, 0.25) is 0 Å². The van der Waals surface area contributed by atoms with Gasteiger partial charge in [0.05, 0.1) is 11.1 Å². The predicted molar refractivity (Wildman–Crippen MR) is 138 cm³/mol. The van der Waals surface area contributed by atoms with E-state index in [1.165, 1.54) is 80.3 Å². The summed E-state index contributed by atoms with van der Waals surface area (Å²) in [6, 6.07) is 20.5. The quantitative estimate of drug-likeness (QED) is 0.478. The Hall–Kier alpha value is -2.48. The van der Waals surface area contributed by atoms with Crippen molar-refractivity contribution in [2.75, 3.05) is 4.90 Å². The molecule has 172 valence electrons. The number of rotatable bonds is 4. The lowest BCUT2D eigenvalue weighted by Gasteiger charge is -2.41. The minimum absolute atomic E-state index is 0.0000523. The Morgan fingerprint density at radius 3 is 2.15 bits per heavy atom. The molecular formula is C31H38N2. The SMILES string of the molecule is CC1=C2N(C=CC2(c2ccccc2)C2CCCCC2)C(C2CCCC2)N1c1ccccc1C. The lowest BCUT2D eigenvalue weighted by Crippen LogP contribution is -2.44. The zero-order valence-corrected chi connectivity index (χ0v) is 20.3. The van der Waals surface area contributed by atoms with Crippen LogP contribution in [0.4, 0.5) is 5.69 Å². The number of nitrogens with zero attached hydrogens (tertiary/aromatic N) is 2. The number of para-hydroxylation sites is 1. The fraction of sp³-hybridized carbons (Fsp3) is 0.484. The van der Waals surface area contributed by atoms with Crippen molar-refractivity contribution in [1.82, 2.24) is 4.90 Å². The molecule has 0 radical (unpaired) electrons. The first kappa shape index (κ1) is 21.1. The van der Waals surface area contributed by atoms with Crippen LogP contribution in [0.3, 0.4) is 0 Å². The summed E-state index contributed by atoms with van der Waals surface area (Å²) in [5, 5.41) is 0. The van der Waals surface area contributed by atoms with E-state index in [0.29, 0.717) is 12.1 Å². The summed E-state index contributed by atoms with van der Waals surface area (Å²) >= 11 is 0. The molecule has 2 aromatic rings. The highest BCUT2D eigenvalue weighted by Crippen LogP contribution is 2.57. The molecule has 2 unspecified atom stereocenters. The Labute approximate surface area is 200 Å². The van der Waals surface area contributed by atoms with E-state index < -0.39 is 0 Å². The van der Waals surface area contributed by atoms with Crippen LogP contribution in [0.25, 0.3) is 0 Å². The number of hydrogen-bond donors (Lipinski definition) is 0. The Morgan fingerprint density at radius 1 is 0.758 bits per heavy atom. The maximum atomic E-state index is 2.73. The van der Waals surface area contributed by atoms with Crippen LogP contribution in [-0.2, 0) is 5.41 Å². The second-order valence-corrected chi connectivity index (χ2v) is 10.8. The molecule has 2 aliphatic heterocycles. The van der Waals surface area contributed by atoms with Gasteiger partial charge in [0.25, 0.3) is 0 Å². The lowest BCUT2D eigenvalue weighted by atomic mass is 9.63. The monoisotopic (exact) mass is 438 g/mol. The molecule has 0 aromatic heterocycles. The van der Waals surface area contributed by atoms with Crippen LogP contribution in [-0.4, -0.2) is 11.1 Å². The van der Waals surface area contributed by atoms with Gasteiger partial charge in [-0.25, -0.2) is 0 Å². The zero-order valence-electron chi connectivity index (χ0n) is 20.3. The molecule has 0 saturated heterocycles. The van der Waals surface area contributed by atoms with Crippen molar-refractivity contribution in [3.05, 3.63) is 89.4 Å². The van der Waals surface area contributed by atoms with Crippen molar-refractivity contribution in [2.45, 2.75) is 83.2 Å². The van der Waals surface area contributed by atoms with Gasteiger partial charge in [0.2, 0.25) is 0 Å². The molecule has 2 saturated carbocycles. The molecule has 0 bridgehead atoms. The maximum absolute atomic E-state index is 2.73. The highest BCUT2D eigenvalue weighted by atomic mass is 15.4. The fourth-order valence-electron chi connectivity index (χ4n) is 7.63. The van der Waals surface area contributed by atoms with Crippen molar-refractivity contribution in [3.8, 4) is 0 Å². The van der Waals surface area contributed by atoms with E-state index in [1.807, 2.05) is 0 Å². The van der Waals surface area contributed by atoms with Crippen molar-refractivity contribution < 1.29 is 0 Å². The summed E-state index contributed by atoms with van der Waals surface area (Å²) in [7, 11) is 0. The summed E-state index contributed by atoms with van der Waals surface area (Å²) in [6.07, 6.45) is 17.8. The molecule has 2 heteroatoms. The summed E-state index contributed by atoms with van der Waals surface area (Å²) in [4.78, 5) is 5.45. The Morgan fingerprint density at radius 2 is 1.42 bits per heavy atom. The second-order valence-electron chi connectivity index (χ2n) is 10.8. The molecule has 2 aromatic carbocycles. The van der Waals surface area contributed by atoms with Crippen LogP contribution in [0.1, 0.15) is 75.8 Å². The number of allylic oxidation sites excluding steroid dienone is 2. The first-order valence-electron chi connectivity index (χ1n) is 13.3. The first-order chi connectivity index (χ1) is 16.2. The summed E-state index contributed by atoms with van der Waals surface area (Å²) in [6.45, 7) is 4.70. The highest BCUT2D eigenvalue weighted by Gasteiger charge is 2.55. The fourth-order valence-corrected chi connectivity index (χ4v) is 7.63. The van der Waals surface area contributed by atoms with Gasteiger partial charge in [0.1, 0.15) is 6.17 Å². The number of fused-ring (bicyclic) bond motifs is 1. The van der Waals surface area contributed by atoms with Crippen LogP contribution < -0.4 is 4.90 Å². The minimum atomic E-state index is 0.0000523. The zero-order chi connectivity index (χ0) is 22.4. The molecule has 4 aliphatic rings. The van der Waals surface area contributed by atoms with Gasteiger partial charge in [0.15, 0.2) is 0 Å². The van der Waals surface area contributed by atoms with Crippen molar-refractivity contribution in [1.29, 1.82) is 0 Å². The van der Waals surface area contributed by atoms with Gasteiger partial charge in [-0.1, -0.05) is 86.7 Å². The van der Waals surface area contributed by atoms with E-state index in [0.717, 1.165) is 5.92 Å². The van der Waals surface area contributed by atoms with E-state index in [4.69, 9.17) is 0 Å². The van der Waals surface area contributed by atoms with Crippen LogP contribution >= 0.6 is 0 Å². The van der Waals surface area contributed by atoms with Gasteiger partial charge < -0.3 is 9.80 Å². The molecule has 2 atom stereocenters. The molecule has 2 fully saturated rings. The highest BCUT2D eigenvalue weighted by molar-refractivity contribution is 5.65. The van der Waals surface area contributed by atoms with Gasteiger partial charge in [-0.2, -0.15) is 0 Å². The Kier molecular flexibility index (Phi) is 5.35. The minimum Gasteiger partial charge on any atom is -0.328 e. The molecule has 0 N–H and O–H groups in total. The average Bonchev–Trinajstić information content (AvgIpc) is 3.58. The molecule has 33 heavy (non-hydrogen) atoms. The van der Waals surface area contributed by atoms with Gasteiger partial charge in [-0.15, -0.1) is 0 Å². The second kappa shape index (κ2) is 8.38. The molecule has 0 spiro atoms. The van der Waals surface area contributed by atoms with Crippen molar-refractivity contribution in [3.63, 3.8) is 0 Å². The summed E-state index contributed by atoms with van der Waals surface area (Å²) in [5.41, 5.74) is 7.31. The number of anilines is 1. The van der Waals surface area contributed by atoms with Crippen LogP contribution in [0, 0.1) is 18.8 Å². The van der Waals surface area contributed by atoms with Crippen LogP contribution in [0.5, 0.6) is 0 Å². The first-order valence-corrected chi connectivity index (χ1v) is 13.3. The van der Waals surface area contributed by atoms with E-state index >= 15 is 0 Å². The Bertz CT molecular complexity index is 1060. The molecule has 6 rings (SSSR count). The number of benzene rings is 2. The molecular weight excluding hydrogens is 400 g/mol. The van der Waals surface area contributed by atoms with E-state index in [9.17, 15) is 0 Å². The summed E-state index contributed by atoms with van der Waals surface area (Å²) in [5.74, 6) is 1.40. The normalized spacial score (nSPS) is 28.2. The molecule has 0 amide bonds. The largest absolute Gasteiger partial charge is 0.328 e. The third-order valence-corrected chi connectivity index (χ3v) is 9.10. The third kappa shape index (κ3) is 3.21. The van der Waals surface area contributed by atoms with E-state index in [1.54, 1.807) is 5.70 Å². The smallest absolute Gasteiger partial charge is 0.113 e. The van der Waals surface area contributed by atoms with Crippen LogP contribution in [0.15, 0.2) is 78.3 Å². The number of hydrogen-bond acceptors (Lipinski definition) is 2. The predicted octanol–water partition coefficient (Wildman–Crippen LogP) is 7.91. The van der Waals surface area contributed by atoms with Gasteiger partial charge in [0, 0.05) is 17.6 Å². The van der Waals surface area contributed by atoms with Crippen molar-refractivity contribution in [2.24, 2.45) is 11.8 Å². The lowest BCUT2D eigenvalue weighted by molar-refractivity contribution is 0.225. The van der Waals surface area contributed by atoms with E-state index in [2.05, 4.69) is 90.5 Å². The molecule has 2 aliphatic carbocycles. The number of aryl methyl sites for hydroxylation is 1. The molecule has 2 heterocycles. The van der Waals surface area contributed by atoms with Crippen molar-refractivity contribution >= 4 is 5.69 Å². The van der Waals surface area contributed by atoms with Gasteiger partial charge in [-0.05, 0) is 68.6 Å². The van der Waals surface area contributed by atoms with Gasteiger partial charge >= 0.3 is 0 Å². The summed E-state index contributed by atoms with van der Waals surface area (Å²) < 4.78 is 0. The maximum Gasteiger partial charge on any atom is 0.113 e. The average molecular weight is 439 g/mol. The van der Waals surface area contributed by atoms with E-state index in [-0.39, 0.29) is 5.41 Å². The standard InChI is InChI=1S/C31H38N2/c1-23-13-9-12-20-28(23)33-24(2)29-31(26-16-5-3-6-17-26,27-18-7-4-8-19-27)21-22-32(29)30(33)25-14-10-11-15-25/h3,5-6,9,12-13,16-17,20-22,25,27,30H,4,7-8,10-11,14-15,18-19H2,1-2H3. The Balaban J connectivity index is 1.54. The molecule has 2 nitrogen and oxygen atoms in total. The third-order valence-electron chi connectivity index (χ3n) is 9.10. The topological polar surface area (TPSA) is 6.48 Å².